The number of para-hydroxylation sites is 1. The van der Waals surface area contributed by atoms with Gasteiger partial charge in [0.15, 0.2) is 5.75 Å². The SMILES string of the molecule is O=[N+]([O-])c1cccc(-c2nccn2C[C@H](O)COc2c(Cl)cccc2Cl)c1. The molecule has 0 radical (unpaired) electrons. The molecule has 7 nitrogen and oxygen atoms in total. The minimum atomic E-state index is -0.871. The standard InChI is InChI=1S/C18H15Cl2N3O4/c19-15-5-2-6-16(20)17(15)27-11-14(24)10-22-8-7-21-18(22)12-3-1-4-13(9-12)23(25)26/h1-9,14,24H,10-11H2/t14-/m0/s1. The number of nitro groups is 1. The molecule has 9 heteroatoms. The lowest BCUT2D eigenvalue weighted by molar-refractivity contribution is -0.384. The first-order valence-corrected chi connectivity index (χ1v) is 8.72. The van der Waals surface area contributed by atoms with E-state index in [0.717, 1.165) is 0 Å². The summed E-state index contributed by atoms with van der Waals surface area (Å²) in [5.74, 6) is 0.818. The van der Waals surface area contributed by atoms with Crippen LogP contribution >= 0.6 is 23.2 Å². The van der Waals surface area contributed by atoms with Crippen molar-refractivity contribution in [1.29, 1.82) is 0 Å². The number of aromatic nitrogens is 2. The van der Waals surface area contributed by atoms with E-state index < -0.39 is 11.0 Å². The van der Waals surface area contributed by atoms with Crippen LogP contribution in [0, 0.1) is 10.1 Å². The second-order valence-corrected chi connectivity index (χ2v) is 6.54. The molecule has 0 aliphatic carbocycles. The van der Waals surface area contributed by atoms with Gasteiger partial charge in [-0.2, -0.15) is 0 Å². The molecule has 1 atom stereocenters. The van der Waals surface area contributed by atoms with Crippen LogP contribution < -0.4 is 4.74 Å². The van der Waals surface area contributed by atoms with Crippen LogP contribution in [0.15, 0.2) is 54.9 Å². The Morgan fingerprint density at radius 2 is 1.93 bits per heavy atom. The van der Waals surface area contributed by atoms with Gasteiger partial charge in [0.2, 0.25) is 0 Å². The molecule has 0 amide bonds. The summed E-state index contributed by atoms with van der Waals surface area (Å²) in [4.78, 5) is 14.7. The van der Waals surface area contributed by atoms with Gasteiger partial charge in [-0.05, 0) is 12.1 Å². The van der Waals surface area contributed by atoms with Crippen LogP contribution in [0.1, 0.15) is 0 Å². The Balaban J connectivity index is 1.71. The lowest BCUT2D eigenvalue weighted by atomic mass is 10.2. The third-order valence-corrected chi connectivity index (χ3v) is 4.37. The van der Waals surface area contributed by atoms with Crippen molar-refractivity contribution in [1.82, 2.24) is 9.55 Å². The number of aliphatic hydroxyl groups excluding tert-OH is 1. The van der Waals surface area contributed by atoms with Gasteiger partial charge in [0, 0.05) is 30.1 Å². The molecule has 3 aromatic rings. The van der Waals surface area contributed by atoms with Crippen molar-refractivity contribution in [3.8, 4) is 17.1 Å². The summed E-state index contributed by atoms with van der Waals surface area (Å²) in [6.07, 6.45) is 2.37. The average molecular weight is 408 g/mol. The van der Waals surface area contributed by atoms with E-state index in [1.807, 2.05) is 0 Å². The first-order valence-electron chi connectivity index (χ1n) is 7.96. The van der Waals surface area contributed by atoms with Gasteiger partial charge in [0.05, 0.1) is 21.5 Å². The van der Waals surface area contributed by atoms with Gasteiger partial charge in [-0.25, -0.2) is 4.98 Å². The third kappa shape index (κ3) is 4.57. The summed E-state index contributed by atoms with van der Waals surface area (Å²) in [6, 6.07) is 11.1. The molecule has 140 valence electrons. The highest BCUT2D eigenvalue weighted by Gasteiger charge is 2.15. The number of nitrogens with zero attached hydrogens (tertiary/aromatic N) is 3. The molecule has 1 heterocycles. The smallest absolute Gasteiger partial charge is 0.270 e. The van der Waals surface area contributed by atoms with Crippen LogP contribution in [0.2, 0.25) is 10.0 Å². The maximum Gasteiger partial charge on any atom is 0.270 e. The Hall–Kier alpha value is -2.61. The van der Waals surface area contributed by atoms with Crippen molar-refractivity contribution in [3.63, 3.8) is 0 Å². The summed E-state index contributed by atoms with van der Waals surface area (Å²) >= 11 is 12.1. The van der Waals surface area contributed by atoms with Crippen LogP contribution in [0.3, 0.4) is 0 Å². The lowest BCUT2D eigenvalue weighted by Crippen LogP contribution is -2.24. The van der Waals surface area contributed by atoms with E-state index in [1.165, 1.54) is 12.1 Å². The molecule has 3 rings (SSSR count). The topological polar surface area (TPSA) is 90.4 Å². The normalized spacial score (nSPS) is 12.0. The zero-order valence-electron chi connectivity index (χ0n) is 14.0. The predicted octanol–water partition coefficient (Wildman–Crippen LogP) is 4.21. The number of non-ortho nitro benzene ring substituents is 1. The highest BCUT2D eigenvalue weighted by molar-refractivity contribution is 6.37. The Kier molecular flexibility index (Phi) is 5.95. The summed E-state index contributed by atoms with van der Waals surface area (Å²) in [5, 5.41) is 22.0. The van der Waals surface area contributed by atoms with Crippen LogP contribution in [-0.4, -0.2) is 32.3 Å². The van der Waals surface area contributed by atoms with Gasteiger partial charge < -0.3 is 14.4 Å². The van der Waals surface area contributed by atoms with E-state index in [-0.39, 0.29) is 18.8 Å². The minimum absolute atomic E-state index is 0.0284. The zero-order valence-corrected chi connectivity index (χ0v) is 15.5. The van der Waals surface area contributed by atoms with Crippen molar-refractivity contribution in [2.75, 3.05) is 6.61 Å². The highest BCUT2D eigenvalue weighted by Crippen LogP contribution is 2.32. The van der Waals surface area contributed by atoms with E-state index in [0.29, 0.717) is 27.2 Å². The van der Waals surface area contributed by atoms with Gasteiger partial charge in [-0.1, -0.05) is 41.4 Å². The second kappa shape index (κ2) is 8.39. The quantitative estimate of drug-likeness (QED) is 0.467. The van der Waals surface area contributed by atoms with Gasteiger partial charge in [0.25, 0.3) is 5.69 Å². The fourth-order valence-electron chi connectivity index (χ4n) is 2.56. The number of benzene rings is 2. The summed E-state index contributed by atoms with van der Waals surface area (Å²) in [6.45, 7) is 0.149. The van der Waals surface area contributed by atoms with Crippen molar-refractivity contribution >= 4 is 28.9 Å². The molecule has 0 fully saturated rings. The summed E-state index contributed by atoms with van der Waals surface area (Å²) in [7, 11) is 0. The highest BCUT2D eigenvalue weighted by atomic mass is 35.5. The van der Waals surface area contributed by atoms with Crippen molar-refractivity contribution in [2.24, 2.45) is 0 Å². The third-order valence-electron chi connectivity index (χ3n) is 3.78. The number of aliphatic hydroxyl groups is 1. The molecule has 1 N–H and O–H groups in total. The largest absolute Gasteiger partial charge is 0.488 e. The first-order chi connectivity index (χ1) is 13.0. The molecular weight excluding hydrogens is 393 g/mol. The second-order valence-electron chi connectivity index (χ2n) is 5.73. The van der Waals surface area contributed by atoms with Crippen molar-refractivity contribution in [2.45, 2.75) is 12.6 Å². The molecule has 0 aliphatic rings. The number of halogens is 2. The predicted molar refractivity (Wildman–Crippen MR) is 102 cm³/mol. The van der Waals surface area contributed by atoms with E-state index in [9.17, 15) is 15.2 Å². The average Bonchev–Trinajstić information content (AvgIpc) is 3.09. The molecule has 27 heavy (non-hydrogen) atoms. The molecule has 0 saturated carbocycles. The number of imidazole rings is 1. The fraction of sp³-hybridized carbons (Fsp3) is 0.167. The molecule has 1 aromatic heterocycles. The van der Waals surface area contributed by atoms with E-state index in [4.69, 9.17) is 27.9 Å². The van der Waals surface area contributed by atoms with Crippen LogP contribution in [0.4, 0.5) is 5.69 Å². The number of nitro benzene ring substituents is 1. The molecule has 0 unspecified atom stereocenters. The Bertz CT molecular complexity index is 941. The van der Waals surface area contributed by atoms with E-state index >= 15 is 0 Å². The number of ether oxygens (including phenoxy) is 1. The Labute approximate surface area is 164 Å². The van der Waals surface area contributed by atoms with Gasteiger partial charge in [-0.3, -0.25) is 10.1 Å². The summed E-state index contributed by atoms with van der Waals surface area (Å²) < 4.78 is 7.23. The van der Waals surface area contributed by atoms with Crippen molar-refractivity contribution < 1.29 is 14.8 Å². The molecule has 2 aromatic carbocycles. The van der Waals surface area contributed by atoms with Gasteiger partial charge >= 0.3 is 0 Å². The minimum Gasteiger partial charge on any atom is -0.488 e. The fourth-order valence-corrected chi connectivity index (χ4v) is 3.06. The molecular formula is C18H15Cl2N3O4. The molecule has 0 bridgehead atoms. The van der Waals surface area contributed by atoms with Crippen molar-refractivity contribution in [3.05, 3.63) is 75.0 Å². The molecule has 0 spiro atoms. The number of hydrogen-bond donors (Lipinski definition) is 1. The molecule has 0 saturated heterocycles. The van der Waals surface area contributed by atoms with E-state index in [1.54, 1.807) is 47.3 Å². The molecule has 0 aliphatic heterocycles. The van der Waals surface area contributed by atoms with Gasteiger partial charge in [-0.15, -0.1) is 0 Å². The lowest BCUT2D eigenvalue weighted by Gasteiger charge is -2.16. The maximum absolute atomic E-state index is 11.0. The zero-order chi connectivity index (χ0) is 19.4. The monoisotopic (exact) mass is 407 g/mol. The van der Waals surface area contributed by atoms with Crippen LogP contribution in [0.25, 0.3) is 11.4 Å². The summed E-state index contributed by atoms with van der Waals surface area (Å²) in [5.41, 5.74) is 0.552. The van der Waals surface area contributed by atoms with Crippen LogP contribution in [-0.2, 0) is 6.54 Å². The number of hydrogen-bond acceptors (Lipinski definition) is 5. The number of rotatable bonds is 7. The van der Waals surface area contributed by atoms with E-state index in [2.05, 4.69) is 4.98 Å². The Morgan fingerprint density at radius 1 is 1.22 bits per heavy atom. The first kappa shape index (κ1) is 19.2. The Morgan fingerprint density at radius 3 is 2.63 bits per heavy atom. The van der Waals surface area contributed by atoms with Gasteiger partial charge in [0.1, 0.15) is 18.5 Å². The maximum atomic E-state index is 11.0. The van der Waals surface area contributed by atoms with Crippen LogP contribution in [0.5, 0.6) is 5.75 Å².